The number of hydrogen-bond acceptors (Lipinski definition) is 2. The molecule has 3 nitrogen and oxygen atoms in total. The SMILES string of the molecule is Cc1c(Br)ccc2nc(C(F)(F)F)c(C=O)n12. The van der Waals surface area contributed by atoms with Crippen LogP contribution in [0.3, 0.4) is 0 Å². The topological polar surface area (TPSA) is 34.4 Å². The van der Waals surface area contributed by atoms with Crippen LogP contribution in [0.5, 0.6) is 0 Å². The summed E-state index contributed by atoms with van der Waals surface area (Å²) in [4.78, 5) is 14.3. The van der Waals surface area contributed by atoms with Gasteiger partial charge < -0.3 is 0 Å². The van der Waals surface area contributed by atoms with Crippen LogP contribution in [0.15, 0.2) is 16.6 Å². The average molecular weight is 307 g/mol. The second-order valence-electron chi connectivity index (χ2n) is 3.42. The molecule has 0 spiro atoms. The Balaban J connectivity index is 2.91. The molecule has 90 valence electrons. The molecule has 2 heterocycles. The van der Waals surface area contributed by atoms with E-state index in [0.717, 1.165) is 0 Å². The second kappa shape index (κ2) is 3.83. The maximum absolute atomic E-state index is 12.7. The molecule has 7 heteroatoms. The normalized spacial score (nSPS) is 12.1. The molecule has 0 bridgehead atoms. The number of pyridine rings is 1. The van der Waals surface area contributed by atoms with Crippen LogP contribution in [0.25, 0.3) is 5.65 Å². The van der Waals surface area contributed by atoms with Gasteiger partial charge in [0.15, 0.2) is 12.0 Å². The van der Waals surface area contributed by atoms with Crippen LogP contribution in [0.4, 0.5) is 13.2 Å². The van der Waals surface area contributed by atoms with Crippen molar-refractivity contribution in [1.29, 1.82) is 0 Å². The summed E-state index contributed by atoms with van der Waals surface area (Å²) in [6.07, 6.45) is -4.47. The van der Waals surface area contributed by atoms with Crippen molar-refractivity contribution in [1.82, 2.24) is 9.38 Å². The maximum atomic E-state index is 12.7. The molecular weight excluding hydrogens is 301 g/mol. The zero-order chi connectivity index (χ0) is 12.8. The summed E-state index contributed by atoms with van der Waals surface area (Å²) >= 11 is 3.19. The molecule has 2 aromatic heterocycles. The van der Waals surface area contributed by atoms with Crippen LogP contribution >= 0.6 is 15.9 Å². The maximum Gasteiger partial charge on any atom is 0.435 e. The number of carbonyl (C=O) groups is 1. The van der Waals surface area contributed by atoms with Crippen molar-refractivity contribution in [3.8, 4) is 0 Å². The number of hydrogen-bond donors (Lipinski definition) is 0. The molecule has 0 aliphatic carbocycles. The second-order valence-corrected chi connectivity index (χ2v) is 4.28. The number of carbonyl (C=O) groups excluding carboxylic acids is 1. The lowest BCUT2D eigenvalue weighted by atomic mass is 10.3. The molecular formula is C10H6BrF3N2O. The fourth-order valence-corrected chi connectivity index (χ4v) is 1.92. The minimum atomic E-state index is -4.64. The molecule has 2 aromatic rings. The Kier molecular flexibility index (Phi) is 2.73. The molecule has 0 radical (unpaired) electrons. The molecule has 0 unspecified atom stereocenters. The van der Waals surface area contributed by atoms with E-state index >= 15 is 0 Å². The Morgan fingerprint density at radius 1 is 1.41 bits per heavy atom. The molecule has 0 saturated carbocycles. The molecule has 0 saturated heterocycles. The summed E-state index contributed by atoms with van der Waals surface area (Å²) in [5.41, 5.74) is -1.05. The zero-order valence-electron chi connectivity index (χ0n) is 8.55. The highest BCUT2D eigenvalue weighted by Gasteiger charge is 2.38. The van der Waals surface area contributed by atoms with Crippen LogP contribution in [0, 0.1) is 6.92 Å². The molecule has 0 fully saturated rings. The summed E-state index contributed by atoms with van der Waals surface area (Å²) in [6.45, 7) is 1.60. The Morgan fingerprint density at radius 2 is 2.06 bits per heavy atom. The van der Waals surface area contributed by atoms with E-state index in [1.54, 1.807) is 13.0 Å². The largest absolute Gasteiger partial charge is 0.435 e. The van der Waals surface area contributed by atoms with E-state index in [1.165, 1.54) is 10.5 Å². The van der Waals surface area contributed by atoms with Crippen molar-refractivity contribution >= 4 is 27.9 Å². The first-order chi connectivity index (χ1) is 7.86. The zero-order valence-corrected chi connectivity index (χ0v) is 10.1. The third-order valence-corrected chi connectivity index (χ3v) is 3.22. The van der Waals surface area contributed by atoms with Crippen LogP contribution in [0.1, 0.15) is 21.9 Å². The van der Waals surface area contributed by atoms with E-state index in [2.05, 4.69) is 20.9 Å². The van der Waals surface area contributed by atoms with E-state index in [4.69, 9.17) is 0 Å². The van der Waals surface area contributed by atoms with Gasteiger partial charge in [-0.1, -0.05) is 0 Å². The first-order valence-corrected chi connectivity index (χ1v) is 5.35. The van der Waals surface area contributed by atoms with Crippen molar-refractivity contribution in [2.75, 3.05) is 0 Å². The van der Waals surface area contributed by atoms with Crippen molar-refractivity contribution in [2.45, 2.75) is 13.1 Å². The molecule has 2 rings (SSSR count). The molecule has 17 heavy (non-hydrogen) atoms. The van der Waals surface area contributed by atoms with E-state index in [9.17, 15) is 18.0 Å². The van der Waals surface area contributed by atoms with Crippen LogP contribution < -0.4 is 0 Å². The smallest absolute Gasteiger partial charge is 0.296 e. The Labute approximate surface area is 102 Å². The predicted molar refractivity (Wildman–Crippen MR) is 58.0 cm³/mol. The summed E-state index contributed by atoms with van der Waals surface area (Å²) in [7, 11) is 0. The number of alkyl halides is 3. The van der Waals surface area contributed by atoms with Gasteiger partial charge in [-0.3, -0.25) is 9.20 Å². The van der Waals surface area contributed by atoms with Gasteiger partial charge in [0.1, 0.15) is 11.3 Å². The lowest BCUT2D eigenvalue weighted by Crippen LogP contribution is -2.09. The lowest BCUT2D eigenvalue weighted by Gasteiger charge is -2.05. The molecule has 0 aliphatic heterocycles. The lowest BCUT2D eigenvalue weighted by molar-refractivity contribution is -0.141. The average Bonchev–Trinajstić information content (AvgIpc) is 2.62. The van der Waals surface area contributed by atoms with Crippen molar-refractivity contribution in [3.63, 3.8) is 0 Å². The number of aryl methyl sites for hydroxylation is 1. The first kappa shape index (κ1) is 12.1. The van der Waals surface area contributed by atoms with Crippen LogP contribution in [-0.4, -0.2) is 15.7 Å². The minimum absolute atomic E-state index is 0.0973. The third-order valence-electron chi connectivity index (χ3n) is 2.38. The number of fused-ring (bicyclic) bond motifs is 1. The Morgan fingerprint density at radius 3 is 2.59 bits per heavy atom. The Bertz CT molecular complexity index is 604. The monoisotopic (exact) mass is 306 g/mol. The number of nitrogens with zero attached hydrogens (tertiary/aromatic N) is 2. The Hall–Kier alpha value is -1.37. The van der Waals surface area contributed by atoms with Crippen molar-refractivity contribution in [2.24, 2.45) is 0 Å². The van der Waals surface area contributed by atoms with Crippen LogP contribution in [0.2, 0.25) is 0 Å². The van der Waals surface area contributed by atoms with Gasteiger partial charge in [-0.15, -0.1) is 0 Å². The number of aromatic nitrogens is 2. The number of halogens is 4. The molecule has 0 atom stereocenters. The fourth-order valence-electron chi connectivity index (χ4n) is 1.61. The summed E-state index contributed by atoms with van der Waals surface area (Å²) in [5, 5.41) is 0. The summed E-state index contributed by atoms with van der Waals surface area (Å²) in [6, 6.07) is 3.01. The first-order valence-electron chi connectivity index (χ1n) is 4.56. The van der Waals surface area contributed by atoms with Gasteiger partial charge in [0.2, 0.25) is 0 Å². The number of rotatable bonds is 1. The predicted octanol–water partition coefficient (Wildman–Crippen LogP) is 3.24. The fraction of sp³-hybridized carbons (Fsp3) is 0.200. The summed E-state index contributed by atoms with van der Waals surface area (Å²) in [5.74, 6) is 0. The standard InChI is InChI=1S/C10H6BrF3N2O/c1-5-6(11)2-3-8-15-9(10(12,13)14)7(4-17)16(5)8/h2-4H,1H3. The van der Waals surface area contributed by atoms with E-state index in [-0.39, 0.29) is 11.9 Å². The van der Waals surface area contributed by atoms with Gasteiger partial charge in [-0.05, 0) is 35.0 Å². The van der Waals surface area contributed by atoms with Gasteiger partial charge in [0, 0.05) is 10.2 Å². The third kappa shape index (κ3) is 1.84. The van der Waals surface area contributed by atoms with Gasteiger partial charge >= 0.3 is 6.18 Å². The van der Waals surface area contributed by atoms with Crippen molar-refractivity contribution in [3.05, 3.63) is 33.7 Å². The van der Waals surface area contributed by atoms with E-state index in [1.807, 2.05) is 0 Å². The highest BCUT2D eigenvalue weighted by atomic mass is 79.9. The van der Waals surface area contributed by atoms with E-state index in [0.29, 0.717) is 10.2 Å². The van der Waals surface area contributed by atoms with Crippen LogP contribution in [-0.2, 0) is 6.18 Å². The highest BCUT2D eigenvalue weighted by Crippen LogP contribution is 2.32. The van der Waals surface area contributed by atoms with Gasteiger partial charge in [-0.2, -0.15) is 13.2 Å². The van der Waals surface area contributed by atoms with Gasteiger partial charge in [0.25, 0.3) is 0 Å². The minimum Gasteiger partial charge on any atom is -0.296 e. The summed E-state index contributed by atoms with van der Waals surface area (Å²) < 4.78 is 39.8. The number of aldehydes is 1. The molecule has 0 aliphatic rings. The van der Waals surface area contributed by atoms with E-state index < -0.39 is 17.6 Å². The van der Waals surface area contributed by atoms with Crippen molar-refractivity contribution < 1.29 is 18.0 Å². The van der Waals surface area contributed by atoms with Gasteiger partial charge in [-0.25, -0.2) is 4.98 Å². The quantitative estimate of drug-likeness (QED) is 0.758. The molecule has 0 amide bonds. The number of imidazole rings is 1. The highest BCUT2D eigenvalue weighted by molar-refractivity contribution is 9.10. The molecule has 0 aromatic carbocycles. The molecule has 0 N–H and O–H groups in total. The van der Waals surface area contributed by atoms with Gasteiger partial charge in [0.05, 0.1) is 0 Å².